The van der Waals surface area contributed by atoms with Crippen LogP contribution in [0.25, 0.3) is 0 Å². The highest BCUT2D eigenvalue weighted by Gasteiger charge is 2.42. The van der Waals surface area contributed by atoms with Crippen LogP contribution in [0.5, 0.6) is 0 Å². The van der Waals surface area contributed by atoms with Gasteiger partial charge in [0.15, 0.2) is 16.4 Å². The van der Waals surface area contributed by atoms with E-state index >= 15 is 0 Å². The van der Waals surface area contributed by atoms with Crippen LogP contribution in [0.4, 0.5) is 9.93 Å². The lowest BCUT2D eigenvalue weighted by Gasteiger charge is -2.34. The first kappa shape index (κ1) is 26.3. The first-order valence-corrected chi connectivity index (χ1v) is 10.7. The Kier molecular flexibility index (Phi) is 8.02. The Bertz CT molecular complexity index is 1050. The van der Waals surface area contributed by atoms with Crippen molar-refractivity contribution in [2.75, 3.05) is 11.9 Å². The second-order valence-electron chi connectivity index (χ2n) is 8.48. The number of amides is 3. The Morgan fingerprint density at radius 1 is 1.32 bits per heavy atom. The van der Waals surface area contributed by atoms with E-state index in [9.17, 15) is 24.3 Å². The molecule has 0 spiro atoms. The molecule has 1 saturated heterocycles. The maximum Gasteiger partial charge on any atom is 0.413 e. The number of carbonyl (C=O) groups is 4. The molecule has 0 radical (unpaired) electrons. The van der Waals surface area contributed by atoms with Crippen molar-refractivity contribution >= 4 is 46.1 Å². The van der Waals surface area contributed by atoms with Gasteiger partial charge in [-0.15, -0.1) is 11.3 Å². The van der Waals surface area contributed by atoms with Gasteiger partial charge < -0.3 is 30.1 Å². The molecule has 2 rings (SSSR count). The molecule has 1 aliphatic heterocycles. The number of hydrogen-bond donors (Lipinski definition) is 4. The van der Waals surface area contributed by atoms with Crippen molar-refractivity contribution in [3.63, 3.8) is 0 Å². The number of oxime groups is 1. The van der Waals surface area contributed by atoms with Crippen molar-refractivity contribution in [3.8, 4) is 0 Å². The number of aromatic nitrogens is 1. The van der Waals surface area contributed by atoms with Crippen LogP contribution in [0.2, 0.25) is 0 Å². The number of nitrogens with zero attached hydrogens (tertiary/aromatic N) is 4. The molecule has 0 aromatic carbocycles. The van der Waals surface area contributed by atoms with Crippen molar-refractivity contribution in [3.05, 3.63) is 11.1 Å². The smallest absolute Gasteiger partial charge is 0.413 e. The van der Waals surface area contributed by atoms with Crippen molar-refractivity contribution in [1.29, 1.82) is 5.53 Å². The fraction of sp³-hybridized carbons (Fsp3) is 0.556. The number of carboxylic acid groups (broad SMARTS) is 1. The van der Waals surface area contributed by atoms with E-state index < -0.39 is 52.9 Å². The van der Waals surface area contributed by atoms with Gasteiger partial charge in [-0.3, -0.25) is 14.9 Å². The molecule has 1 fully saturated rings. The lowest BCUT2D eigenvalue weighted by molar-refractivity contribution is -0.325. The zero-order valence-corrected chi connectivity index (χ0v) is 19.8. The Balaban J connectivity index is 2.26. The van der Waals surface area contributed by atoms with Gasteiger partial charge in [0.2, 0.25) is 10.8 Å². The highest BCUT2D eigenvalue weighted by Crippen LogP contribution is 2.19. The average Bonchev–Trinajstić information content (AvgIpc) is 3.15. The zero-order chi connectivity index (χ0) is 25.7. The molecule has 2 atom stereocenters. The number of rotatable bonds is 9. The predicted octanol–water partition coefficient (Wildman–Crippen LogP) is -0.727. The molecule has 4 N–H and O–H groups in total. The van der Waals surface area contributed by atoms with Gasteiger partial charge in [0.25, 0.3) is 5.91 Å². The van der Waals surface area contributed by atoms with E-state index in [0.717, 1.165) is 11.3 Å². The molecule has 16 heteroatoms. The van der Waals surface area contributed by atoms with Crippen LogP contribution in [0.1, 0.15) is 40.3 Å². The zero-order valence-electron chi connectivity index (χ0n) is 19.0. The van der Waals surface area contributed by atoms with E-state index in [1.807, 2.05) is 0 Å². The van der Waals surface area contributed by atoms with Gasteiger partial charge >= 0.3 is 6.09 Å². The molecule has 184 valence electrons. The van der Waals surface area contributed by atoms with Gasteiger partial charge in [-0.1, -0.05) is 5.16 Å². The van der Waals surface area contributed by atoms with E-state index in [2.05, 4.69) is 36.1 Å². The molecule has 1 aliphatic rings. The number of β-lactam (4-membered cyclic amide) rings is 1. The minimum atomic E-state index is -1.88. The minimum Gasteiger partial charge on any atom is -0.546 e. The molecule has 0 bridgehead atoms. The first-order valence-electron chi connectivity index (χ1n) is 9.81. The third-order valence-electron chi connectivity index (χ3n) is 4.07. The van der Waals surface area contributed by atoms with Crippen molar-refractivity contribution in [2.45, 2.75) is 57.9 Å². The van der Waals surface area contributed by atoms with E-state index in [0.29, 0.717) is 0 Å². The van der Waals surface area contributed by atoms with Gasteiger partial charge in [-0.2, -0.15) is 0 Å². The summed E-state index contributed by atoms with van der Waals surface area (Å²) in [6.07, 6.45) is -0.775. The summed E-state index contributed by atoms with van der Waals surface area (Å²) < 4.78 is 5.14. The topological polar surface area (TPSA) is 221 Å². The summed E-state index contributed by atoms with van der Waals surface area (Å²) in [6, 6.07) is -1.61. The van der Waals surface area contributed by atoms with Crippen molar-refractivity contribution < 1.29 is 33.9 Å². The number of thiazole rings is 1. The summed E-state index contributed by atoms with van der Waals surface area (Å²) in [5.74, 6) is -2.99. The monoisotopic (exact) mass is 496 g/mol. The van der Waals surface area contributed by atoms with Crippen LogP contribution in [0.15, 0.2) is 15.7 Å². The summed E-state index contributed by atoms with van der Waals surface area (Å²) in [4.78, 5) is 59.9. The molecule has 3 amide bonds. The van der Waals surface area contributed by atoms with Crippen LogP contribution in [0, 0.1) is 5.53 Å². The molecular formula is C18H24N8O7S. The Labute approximate surface area is 197 Å². The molecule has 1 aromatic rings. The van der Waals surface area contributed by atoms with E-state index in [1.54, 1.807) is 20.8 Å². The number of aliphatic carboxylic acids is 1. The Morgan fingerprint density at radius 2 is 2.00 bits per heavy atom. The molecule has 2 heterocycles. The quantitative estimate of drug-likeness (QED) is 0.112. The van der Waals surface area contributed by atoms with Gasteiger partial charge in [0.05, 0.1) is 12.0 Å². The highest BCUT2D eigenvalue weighted by atomic mass is 32.1. The molecule has 1 aromatic heterocycles. The molecule has 0 unspecified atom stereocenters. The van der Waals surface area contributed by atoms with Crippen LogP contribution in [0.3, 0.4) is 0 Å². The van der Waals surface area contributed by atoms with E-state index in [-0.39, 0.29) is 17.4 Å². The summed E-state index contributed by atoms with van der Waals surface area (Å²) in [5, 5.41) is 27.1. The van der Waals surface area contributed by atoms with Crippen LogP contribution in [-0.2, 0) is 24.0 Å². The molecule has 34 heavy (non-hydrogen) atoms. The number of carbonyl (C=O) groups excluding carboxylic acids is 4. The summed E-state index contributed by atoms with van der Waals surface area (Å²) in [7, 11) is 0. The van der Waals surface area contributed by atoms with Crippen LogP contribution in [-0.4, -0.2) is 64.4 Å². The largest absolute Gasteiger partial charge is 0.546 e. The number of anilines is 1. The summed E-state index contributed by atoms with van der Waals surface area (Å²) in [6.45, 7) is 7.34. The number of nitrogens with one attached hydrogen (secondary N) is 4. The van der Waals surface area contributed by atoms with Crippen LogP contribution >= 0.6 is 11.3 Å². The standard InChI is InChI=1S/C18H24N8O7S/c1-17(2,3)32-16(31)24-15-22-9(7-34-15)11(25-33-18(4,5)14(29)30)13(28)23-10-8(6-20-26-19)21-12(10)27/h7-8,10,19H,6H2,1-5H3,(H3-,21,22,23,24,27,28,29,30,31)/t8-,10+/m1/s1. The molecular weight excluding hydrogens is 472 g/mol. The van der Waals surface area contributed by atoms with Gasteiger partial charge in [-0.05, 0) is 34.6 Å². The van der Waals surface area contributed by atoms with Crippen molar-refractivity contribution in [1.82, 2.24) is 20.5 Å². The lowest BCUT2D eigenvalue weighted by atomic mass is 9.99. The van der Waals surface area contributed by atoms with Crippen LogP contribution < -0.4 is 26.0 Å². The second-order valence-corrected chi connectivity index (χ2v) is 9.34. The summed E-state index contributed by atoms with van der Waals surface area (Å²) >= 11 is 0.944. The van der Waals surface area contributed by atoms with Crippen molar-refractivity contribution in [2.24, 2.45) is 10.3 Å². The lowest BCUT2D eigenvalue weighted by Crippen LogP contribution is -2.70. The number of ether oxygens (including phenoxy) is 1. The SMILES string of the molecule is CC(C)(C)OC(=O)Nc1nc(C(=NOC(C)(C)C(=O)[O-])C(=O)N[C@@H]2C(=O)N[C@@H]2CN=[N+]=N)cs1. The minimum absolute atomic E-state index is 0.0401. The maximum atomic E-state index is 12.9. The molecule has 0 aliphatic carbocycles. The van der Waals surface area contributed by atoms with E-state index in [1.165, 1.54) is 19.2 Å². The fourth-order valence-corrected chi connectivity index (χ4v) is 3.01. The Morgan fingerprint density at radius 3 is 2.56 bits per heavy atom. The Hall–Kier alpha value is -3.91. The third-order valence-corrected chi connectivity index (χ3v) is 4.83. The summed E-state index contributed by atoms with van der Waals surface area (Å²) in [5.41, 5.74) is 3.55. The van der Waals surface area contributed by atoms with Gasteiger partial charge in [-0.25, -0.2) is 9.78 Å². The normalized spacial score (nSPS) is 18.0. The van der Waals surface area contributed by atoms with Gasteiger partial charge in [0.1, 0.15) is 34.5 Å². The highest BCUT2D eigenvalue weighted by molar-refractivity contribution is 7.14. The average molecular weight is 497 g/mol. The second kappa shape index (κ2) is 10.4. The first-order chi connectivity index (χ1) is 15.7. The molecule has 15 nitrogen and oxygen atoms in total. The van der Waals surface area contributed by atoms with E-state index in [4.69, 9.17) is 15.1 Å². The number of hydrogen-bond acceptors (Lipinski definition) is 12. The maximum absolute atomic E-state index is 12.9. The predicted molar refractivity (Wildman–Crippen MR) is 115 cm³/mol. The molecule has 0 saturated carbocycles. The number of carboxylic acids is 1. The van der Waals surface area contributed by atoms with Gasteiger partial charge in [0, 0.05) is 5.38 Å². The fourth-order valence-electron chi connectivity index (χ4n) is 2.33. The third kappa shape index (κ3) is 7.05.